The molecule has 2 aliphatic rings. The molecule has 0 amide bonds. The maximum Gasteiger partial charge on any atom is 0.416 e. The van der Waals surface area contributed by atoms with Crippen LogP contribution in [0.4, 0.5) is 19.0 Å². The number of piperidine rings is 1. The average Bonchev–Trinajstić information content (AvgIpc) is 2.56. The topological polar surface area (TPSA) is 48.4 Å². The highest BCUT2D eigenvalue weighted by Crippen LogP contribution is 2.31. The van der Waals surface area contributed by atoms with E-state index in [0.29, 0.717) is 0 Å². The lowest BCUT2D eigenvalue weighted by Gasteiger charge is -2.41. The summed E-state index contributed by atoms with van der Waals surface area (Å²) in [6.07, 6.45) is 2.46. The van der Waals surface area contributed by atoms with Crippen LogP contribution in [-0.2, 0) is 6.18 Å². The van der Waals surface area contributed by atoms with Crippen LogP contribution in [0.5, 0.6) is 0 Å². The normalized spacial score (nSPS) is 27.2. The second-order valence-corrected chi connectivity index (χ2v) is 6.80. The number of hydrogen-bond acceptors (Lipinski definition) is 4. The number of rotatable bonds is 3. The van der Waals surface area contributed by atoms with Gasteiger partial charge in [-0.2, -0.15) is 13.2 Å². The molecule has 2 N–H and O–H groups in total. The van der Waals surface area contributed by atoms with Gasteiger partial charge in [0.25, 0.3) is 0 Å². The van der Waals surface area contributed by atoms with Crippen molar-refractivity contribution in [3.05, 3.63) is 23.9 Å². The summed E-state index contributed by atoms with van der Waals surface area (Å²) in [5.41, 5.74) is -0.678. The van der Waals surface area contributed by atoms with Crippen molar-refractivity contribution < 1.29 is 18.3 Å². The number of halogens is 3. The van der Waals surface area contributed by atoms with Crippen molar-refractivity contribution in [1.29, 1.82) is 0 Å². The van der Waals surface area contributed by atoms with Gasteiger partial charge in [-0.3, -0.25) is 4.90 Å². The van der Waals surface area contributed by atoms with Crippen molar-refractivity contribution >= 4 is 5.82 Å². The molecule has 1 aliphatic carbocycles. The molecule has 0 bridgehead atoms. The highest BCUT2D eigenvalue weighted by atomic mass is 19.4. The van der Waals surface area contributed by atoms with Crippen LogP contribution in [-0.4, -0.2) is 46.3 Å². The maximum absolute atomic E-state index is 12.8. The third-order valence-electron chi connectivity index (χ3n) is 5.13. The van der Waals surface area contributed by atoms with Crippen LogP contribution in [0.15, 0.2) is 18.3 Å². The zero-order valence-electron chi connectivity index (χ0n) is 13.6. The van der Waals surface area contributed by atoms with E-state index in [2.05, 4.69) is 15.2 Å². The van der Waals surface area contributed by atoms with E-state index < -0.39 is 11.7 Å². The first-order valence-electron chi connectivity index (χ1n) is 8.65. The highest BCUT2D eigenvalue weighted by Gasteiger charge is 2.33. The van der Waals surface area contributed by atoms with Gasteiger partial charge in [0.15, 0.2) is 0 Å². The van der Waals surface area contributed by atoms with Crippen LogP contribution < -0.4 is 5.32 Å². The van der Waals surface area contributed by atoms with Crippen LogP contribution in [0.2, 0.25) is 0 Å². The third kappa shape index (κ3) is 4.19. The Morgan fingerprint density at radius 3 is 2.50 bits per heavy atom. The molecule has 1 saturated carbocycles. The lowest BCUT2D eigenvalue weighted by Crippen LogP contribution is -2.50. The molecule has 4 nitrogen and oxygen atoms in total. The van der Waals surface area contributed by atoms with E-state index in [1.54, 1.807) is 0 Å². The van der Waals surface area contributed by atoms with Crippen molar-refractivity contribution in [3.63, 3.8) is 0 Å². The molecule has 7 heteroatoms. The van der Waals surface area contributed by atoms with Gasteiger partial charge in [0.05, 0.1) is 11.7 Å². The summed E-state index contributed by atoms with van der Waals surface area (Å²) in [7, 11) is 0. The Balaban J connectivity index is 1.54. The van der Waals surface area contributed by atoms with E-state index in [-0.39, 0.29) is 24.0 Å². The smallest absolute Gasteiger partial charge is 0.391 e. The SMILES string of the molecule is OC1CCCCC1N1CCC(Nc2cc(C(F)(F)F)ccn2)CC1. The molecule has 24 heavy (non-hydrogen) atoms. The molecule has 1 aromatic rings. The van der Waals surface area contributed by atoms with Crippen molar-refractivity contribution in [2.75, 3.05) is 18.4 Å². The molecule has 2 atom stereocenters. The van der Waals surface area contributed by atoms with Gasteiger partial charge in [0, 0.05) is 31.4 Å². The predicted molar refractivity (Wildman–Crippen MR) is 85.7 cm³/mol. The minimum absolute atomic E-state index is 0.123. The number of hydrogen-bond donors (Lipinski definition) is 2. The molecular formula is C17H24F3N3O. The second kappa shape index (κ2) is 7.27. The summed E-state index contributed by atoms with van der Waals surface area (Å²) >= 11 is 0. The van der Waals surface area contributed by atoms with E-state index >= 15 is 0 Å². The number of likely N-dealkylation sites (tertiary alicyclic amines) is 1. The number of aliphatic hydroxyl groups excluding tert-OH is 1. The number of pyridine rings is 1. The largest absolute Gasteiger partial charge is 0.416 e. The standard InChI is InChI=1S/C17H24F3N3O/c18-17(19,20)12-5-8-21-16(11-12)22-13-6-9-23(10-7-13)14-3-1-2-4-15(14)24/h5,8,11,13-15,24H,1-4,6-7,9-10H2,(H,21,22). The Kier molecular flexibility index (Phi) is 5.30. The van der Waals surface area contributed by atoms with Crippen LogP contribution >= 0.6 is 0 Å². The first-order valence-corrected chi connectivity index (χ1v) is 8.65. The summed E-state index contributed by atoms with van der Waals surface area (Å²) in [4.78, 5) is 6.34. The zero-order chi connectivity index (χ0) is 17.2. The Labute approximate surface area is 140 Å². The minimum Gasteiger partial charge on any atom is -0.391 e. The fourth-order valence-electron chi connectivity index (χ4n) is 3.79. The lowest BCUT2D eigenvalue weighted by molar-refractivity contribution is -0.137. The Hall–Kier alpha value is -1.34. The molecule has 1 aromatic heterocycles. The lowest BCUT2D eigenvalue weighted by atomic mass is 9.89. The van der Waals surface area contributed by atoms with Crippen LogP contribution in [0.3, 0.4) is 0 Å². The first-order chi connectivity index (χ1) is 11.4. The number of nitrogens with one attached hydrogen (secondary N) is 1. The van der Waals surface area contributed by atoms with Gasteiger partial charge < -0.3 is 10.4 Å². The minimum atomic E-state index is -4.35. The zero-order valence-corrected chi connectivity index (χ0v) is 13.6. The predicted octanol–water partition coefficient (Wildman–Crippen LogP) is 3.28. The molecule has 134 valence electrons. The highest BCUT2D eigenvalue weighted by molar-refractivity contribution is 5.39. The number of aliphatic hydroxyl groups is 1. The van der Waals surface area contributed by atoms with Crippen molar-refractivity contribution in [1.82, 2.24) is 9.88 Å². The number of alkyl halides is 3. The molecule has 3 rings (SSSR count). The van der Waals surface area contributed by atoms with Crippen molar-refractivity contribution in [2.24, 2.45) is 0 Å². The van der Waals surface area contributed by atoms with Crippen molar-refractivity contribution in [3.8, 4) is 0 Å². The van der Waals surface area contributed by atoms with Crippen LogP contribution in [0.25, 0.3) is 0 Å². The van der Waals surface area contributed by atoms with Gasteiger partial charge in [0.2, 0.25) is 0 Å². The third-order valence-corrected chi connectivity index (χ3v) is 5.13. The van der Waals surface area contributed by atoms with Crippen molar-refractivity contribution in [2.45, 2.75) is 62.9 Å². The van der Waals surface area contributed by atoms with Gasteiger partial charge in [-0.15, -0.1) is 0 Å². The van der Waals surface area contributed by atoms with E-state index in [9.17, 15) is 18.3 Å². The number of aromatic nitrogens is 1. The van der Waals surface area contributed by atoms with Gasteiger partial charge >= 0.3 is 6.18 Å². The summed E-state index contributed by atoms with van der Waals surface area (Å²) in [5.74, 6) is 0.279. The molecule has 1 saturated heterocycles. The fraction of sp³-hybridized carbons (Fsp3) is 0.706. The molecule has 2 unspecified atom stereocenters. The molecule has 2 heterocycles. The van der Waals surface area contributed by atoms with Crippen LogP contribution in [0, 0.1) is 0 Å². The Bertz CT molecular complexity index is 544. The number of anilines is 1. The van der Waals surface area contributed by atoms with E-state index in [0.717, 1.165) is 63.7 Å². The quantitative estimate of drug-likeness (QED) is 0.884. The average molecular weight is 343 g/mol. The Morgan fingerprint density at radius 2 is 1.83 bits per heavy atom. The van der Waals surface area contributed by atoms with Gasteiger partial charge in [-0.25, -0.2) is 4.98 Å². The maximum atomic E-state index is 12.8. The molecular weight excluding hydrogens is 319 g/mol. The molecule has 2 fully saturated rings. The van der Waals surface area contributed by atoms with Gasteiger partial charge in [-0.05, 0) is 37.8 Å². The summed E-state index contributed by atoms with van der Waals surface area (Å²) in [6.45, 7) is 1.72. The number of nitrogens with zero attached hydrogens (tertiary/aromatic N) is 2. The van der Waals surface area contributed by atoms with Gasteiger partial charge in [0.1, 0.15) is 5.82 Å². The molecule has 0 aromatic carbocycles. The second-order valence-electron chi connectivity index (χ2n) is 6.80. The monoisotopic (exact) mass is 343 g/mol. The fourth-order valence-corrected chi connectivity index (χ4v) is 3.79. The Morgan fingerprint density at radius 1 is 1.12 bits per heavy atom. The summed E-state index contributed by atoms with van der Waals surface area (Å²) in [5, 5.41) is 13.3. The molecule has 1 aliphatic heterocycles. The van der Waals surface area contributed by atoms with Crippen LogP contribution in [0.1, 0.15) is 44.1 Å². The first kappa shape index (κ1) is 17.5. The van der Waals surface area contributed by atoms with E-state index in [4.69, 9.17) is 0 Å². The molecule has 0 radical (unpaired) electrons. The summed E-state index contributed by atoms with van der Waals surface area (Å²) < 4.78 is 38.3. The van der Waals surface area contributed by atoms with Gasteiger partial charge in [-0.1, -0.05) is 12.8 Å². The van der Waals surface area contributed by atoms with E-state index in [1.807, 2.05) is 0 Å². The molecule has 0 spiro atoms. The summed E-state index contributed by atoms with van der Waals surface area (Å²) in [6, 6.07) is 2.42. The van der Waals surface area contributed by atoms with E-state index in [1.165, 1.54) is 6.20 Å².